The van der Waals surface area contributed by atoms with Gasteiger partial charge in [-0.1, -0.05) is 30.3 Å². The van der Waals surface area contributed by atoms with Crippen molar-refractivity contribution in [1.82, 2.24) is 0 Å². The molecule has 3 heteroatoms. The molecule has 0 unspecified atom stereocenters. The first-order valence-corrected chi connectivity index (χ1v) is 5.27. The van der Waals surface area contributed by atoms with Gasteiger partial charge >= 0.3 is 0 Å². The Balaban J connectivity index is 3.23. The van der Waals surface area contributed by atoms with E-state index in [1.54, 1.807) is 38.1 Å². The van der Waals surface area contributed by atoms with Crippen molar-refractivity contribution in [1.29, 1.82) is 0 Å². The van der Waals surface area contributed by atoms with Gasteiger partial charge in [0.05, 0.1) is 5.60 Å². The fourth-order valence-corrected chi connectivity index (χ4v) is 1.54. The van der Waals surface area contributed by atoms with Crippen molar-refractivity contribution in [3.05, 3.63) is 53.3 Å². The number of hydrogen-bond donors (Lipinski definition) is 2. The first kappa shape index (κ1) is 12.8. The van der Waals surface area contributed by atoms with Crippen molar-refractivity contribution >= 4 is 17.2 Å². The highest BCUT2D eigenvalue weighted by Crippen LogP contribution is 2.28. The van der Waals surface area contributed by atoms with Crippen LogP contribution < -0.4 is 0 Å². The van der Waals surface area contributed by atoms with Crippen LogP contribution in [0, 0.1) is 0 Å². The second-order valence-corrected chi connectivity index (χ2v) is 4.55. The molecule has 0 radical (unpaired) electrons. The van der Waals surface area contributed by atoms with Crippen LogP contribution in [-0.2, 0) is 0 Å². The molecule has 1 aromatic carbocycles. The minimum Gasteiger partial charge on any atom is -0.509 e. The van der Waals surface area contributed by atoms with E-state index in [0.717, 1.165) is 5.56 Å². The number of benzene rings is 1. The molecule has 2 nitrogen and oxygen atoms in total. The molecule has 0 spiro atoms. The van der Waals surface area contributed by atoms with Gasteiger partial charge < -0.3 is 10.2 Å². The van der Waals surface area contributed by atoms with Crippen molar-refractivity contribution in [3.8, 4) is 0 Å². The topological polar surface area (TPSA) is 40.5 Å². The van der Waals surface area contributed by atoms with Gasteiger partial charge in [0, 0.05) is 5.02 Å². The third-order valence-electron chi connectivity index (χ3n) is 2.13. The Kier molecular flexibility index (Phi) is 3.79. The lowest BCUT2D eigenvalue weighted by molar-refractivity contribution is 0.143. The van der Waals surface area contributed by atoms with E-state index < -0.39 is 5.60 Å². The molecule has 0 aliphatic rings. The molecule has 0 aromatic heterocycles. The zero-order valence-corrected chi connectivity index (χ0v) is 10.1. The fourth-order valence-electron chi connectivity index (χ4n) is 1.41. The van der Waals surface area contributed by atoms with Gasteiger partial charge in [-0.25, -0.2) is 0 Å². The van der Waals surface area contributed by atoms with Gasteiger partial charge in [0.1, 0.15) is 5.76 Å². The molecule has 0 bridgehead atoms. The summed E-state index contributed by atoms with van der Waals surface area (Å²) >= 11 is 5.79. The van der Waals surface area contributed by atoms with Crippen LogP contribution in [0.3, 0.4) is 0 Å². The summed E-state index contributed by atoms with van der Waals surface area (Å²) in [4.78, 5) is 0. The lowest BCUT2D eigenvalue weighted by Crippen LogP contribution is -2.21. The van der Waals surface area contributed by atoms with Crippen LogP contribution in [0.25, 0.3) is 5.57 Å². The molecular formula is C13H15ClO2. The molecular weight excluding hydrogens is 224 g/mol. The van der Waals surface area contributed by atoms with Crippen molar-refractivity contribution in [2.24, 2.45) is 0 Å². The Bertz CT molecular complexity index is 411. The largest absolute Gasteiger partial charge is 0.509 e. The predicted molar refractivity (Wildman–Crippen MR) is 67.5 cm³/mol. The summed E-state index contributed by atoms with van der Waals surface area (Å²) in [5.74, 6) is -0.0907. The first-order chi connectivity index (χ1) is 7.30. The number of rotatable bonds is 3. The van der Waals surface area contributed by atoms with E-state index in [-0.39, 0.29) is 5.76 Å². The van der Waals surface area contributed by atoms with Gasteiger partial charge in [-0.3, -0.25) is 0 Å². The van der Waals surface area contributed by atoms with Crippen molar-refractivity contribution in [2.75, 3.05) is 0 Å². The first-order valence-electron chi connectivity index (χ1n) is 4.89. The van der Waals surface area contributed by atoms with Crippen LogP contribution in [0.1, 0.15) is 19.4 Å². The number of allylic oxidation sites excluding steroid dienone is 1. The SMILES string of the molecule is C=C(O)/C=C(/c1ccc(Cl)cc1)C(C)(C)O. The molecule has 0 aliphatic carbocycles. The second kappa shape index (κ2) is 4.73. The average molecular weight is 239 g/mol. The monoisotopic (exact) mass is 238 g/mol. The minimum absolute atomic E-state index is 0.0907. The fraction of sp³-hybridized carbons (Fsp3) is 0.231. The van der Waals surface area contributed by atoms with Gasteiger partial charge in [0.25, 0.3) is 0 Å². The molecule has 2 N–H and O–H groups in total. The average Bonchev–Trinajstić information content (AvgIpc) is 2.14. The van der Waals surface area contributed by atoms with E-state index in [2.05, 4.69) is 6.58 Å². The van der Waals surface area contributed by atoms with E-state index >= 15 is 0 Å². The number of aliphatic hydroxyl groups excluding tert-OH is 1. The van der Waals surface area contributed by atoms with Crippen LogP contribution >= 0.6 is 11.6 Å². The third kappa shape index (κ3) is 3.40. The molecule has 0 saturated carbocycles. The van der Waals surface area contributed by atoms with Crippen molar-refractivity contribution < 1.29 is 10.2 Å². The Morgan fingerprint density at radius 2 is 1.81 bits per heavy atom. The van der Waals surface area contributed by atoms with Crippen LogP contribution in [0.15, 0.2) is 42.7 Å². The Labute approximate surface area is 100 Å². The molecule has 0 aliphatic heterocycles. The Hall–Kier alpha value is -1.25. The summed E-state index contributed by atoms with van der Waals surface area (Å²) in [5.41, 5.74) is 0.336. The van der Waals surface area contributed by atoms with E-state index in [4.69, 9.17) is 11.6 Å². The zero-order valence-electron chi connectivity index (χ0n) is 9.37. The highest BCUT2D eigenvalue weighted by Gasteiger charge is 2.21. The molecule has 1 aromatic rings. The molecule has 16 heavy (non-hydrogen) atoms. The normalized spacial score (nSPS) is 12.6. The number of hydrogen-bond acceptors (Lipinski definition) is 2. The van der Waals surface area contributed by atoms with Gasteiger partial charge in [-0.05, 0) is 43.2 Å². The maximum absolute atomic E-state index is 10.00. The van der Waals surface area contributed by atoms with Crippen molar-refractivity contribution in [2.45, 2.75) is 19.4 Å². The molecule has 86 valence electrons. The quantitative estimate of drug-likeness (QED) is 0.624. The Morgan fingerprint density at radius 3 is 2.19 bits per heavy atom. The summed E-state index contributed by atoms with van der Waals surface area (Å²) in [6.45, 7) is 6.69. The molecule has 0 amide bonds. The van der Waals surface area contributed by atoms with Crippen LogP contribution in [0.5, 0.6) is 0 Å². The zero-order chi connectivity index (χ0) is 12.3. The molecule has 0 saturated heterocycles. The molecule has 0 heterocycles. The van der Waals surface area contributed by atoms with Gasteiger partial charge in [0.2, 0.25) is 0 Å². The van der Waals surface area contributed by atoms with Crippen LogP contribution in [-0.4, -0.2) is 15.8 Å². The summed E-state index contributed by atoms with van der Waals surface area (Å²) in [6.07, 6.45) is 1.45. The van der Waals surface area contributed by atoms with E-state index in [1.807, 2.05) is 0 Å². The maximum Gasteiger partial charge on any atom is 0.108 e. The Morgan fingerprint density at radius 1 is 1.31 bits per heavy atom. The lowest BCUT2D eigenvalue weighted by Gasteiger charge is -2.22. The second-order valence-electron chi connectivity index (χ2n) is 4.12. The van der Waals surface area contributed by atoms with Gasteiger partial charge in [-0.15, -0.1) is 0 Å². The summed E-state index contributed by atoms with van der Waals surface area (Å²) in [5, 5.41) is 19.8. The molecule has 1 rings (SSSR count). The standard InChI is InChI=1S/C13H15ClO2/c1-9(15)8-12(13(2,3)16)10-4-6-11(14)7-5-10/h4-8,15-16H,1H2,2-3H3/b12-8-. The number of aliphatic hydroxyl groups is 2. The van der Waals surface area contributed by atoms with Crippen LogP contribution in [0.2, 0.25) is 5.02 Å². The molecule has 0 fully saturated rings. The smallest absolute Gasteiger partial charge is 0.108 e. The summed E-state index contributed by atoms with van der Waals surface area (Å²) in [7, 11) is 0. The van der Waals surface area contributed by atoms with E-state index in [9.17, 15) is 10.2 Å². The number of halogens is 1. The van der Waals surface area contributed by atoms with Crippen LogP contribution in [0.4, 0.5) is 0 Å². The van der Waals surface area contributed by atoms with Gasteiger partial charge in [-0.2, -0.15) is 0 Å². The summed E-state index contributed by atoms with van der Waals surface area (Å²) < 4.78 is 0. The van der Waals surface area contributed by atoms with Gasteiger partial charge in [0.15, 0.2) is 0 Å². The third-order valence-corrected chi connectivity index (χ3v) is 2.38. The lowest BCUT2D eigenvalue weighted by atomic mass is 9.91. The predicted octanol–water partition coefficient (Wildman–Crippen LogP) is 3.57. The highest BCUT2D eigenvalue weighted by atomic mass is 35.5. The summed E-state index contributed by atoms with van der Waals surface area (Å²) in [6, 6.07) is 7.04. The maximum atomic E-state index is 10.00. The van der Waals surface area contributed by atoms with Crippen molar-refractivity contribution in [3.63, 3.8) is 0 Å². The van der Waals surface area contributed by atoms with E-state index in [1.165, 1.54) is 6.08 Å². The van der Waals surface area contributed by atoms with E-state index in [0.29, 0.717) is 10.6 Å². The highest BCUT2D eigenvalue weighted by molar-refractivity contribution is 6.30. The minimum atomic E-state index is -1.06. The molecule has 0 atom stereocenters.